The molecule has 0 fully saturated rings. The lowest BCUT2D eigenvalue weighted by Crippen LogP contribution is -2.28. The highest BCUT2D eigenvalue weighted by Gasteiger charge is 2.06. The molecule has 6 heteroatoms. The van der Waals surface area contributed by atoms with Crippen molar-refractivity contribution >= 4 is 11.9 Å². The second-order valence-corrected chi connectivity index (χ2v) is 3.18. The smallest absolute Gasteiger partial charge is 0.302 e. The quantitative estimate of drug-likeness (QED) is 0.593. The molecule has 6 nitrogen and oxygen atoms in total. The Morgan fingerprint density at radius 3 is 2.71 bits per heavy atom. The molecule has 1 heterocycles. The molecule has 0 aromatic carbocycles. The fourth-order valence-electron chi connectivity index (χ4n) is 1.09. The van der Waals surface area contributed by atoms with Crippen LogP contribution in [0, 0.1) is 0 Å². The minimum absolute atomic E-state index is 0.150. The Balaban J connectivity index is 2.38. The molecular weight excluding hydrogens is 224 g/mol. The maximum Gasteiger partial charge on any atom is 0.302 e. The number of amides is 1. The SMILES string of the molecule is COc1ccc(C(=O)NCCOC(C)=O)nc1. The van der Waals surface area contributed by atoms with Crippen LogP contribution in [0.3, 0.4) is 0 Å². The van der Waals surface area contributed by atoms with Gasteiger partial charge in [0, 0.05) is 6.92 Å². The summed E-state index contributed by atoms with van der Waals surface area (Å²) in [6, 6.07) is 3.20. The van der Waals surface area contributed by atoms with Crippen molar-refractivity contribution in [2.45, 2.75) is 6.92 Å². The molecule has 0 spiro atoms. The molecule has 0 bridgehead atoms. The number of hydrogen-bond acceptors (Lipinski definition) is 5. The third-order valence-corrected chi connectivity index (χ3v) is 1.90. The molecule has 0 radical (unpaired) electrons. The van der Waals surface area contributed by atoms with Gasteiger partial charge in [0.2, 0.25) is 0 Å². The maximum atomic E-state index is 11.5. The summed E-state index contributed by atoms with van der Waals surface area (Å²) in [5.41, 5.74) is 0.286. The van der Waals surface area contributed by atoms with E-state index in [1.54, 1.807) is 12.1 Å². The van der Waals surface area contributed by atoms with Gasteiger partial charge in [-0.25, -0.2) is 4.98 Å². The van der Waals surface area contributed by atoms with Crippen molar-refractivity contribution in [2.24, 2.45) is 0 Å². The number of esters is 1. The summed E-state index contributed by atoms with van der Waals surface area (Å²) in [4.78, 5) is 25.9. The number of aromatic nitrogens is 1. The molecule has 0 aliphatic heterocycles. The summed E-state index contributed by atoms with van der Waals surface area (Å²) < 4.78 is 9.59. The van der Waals surface area contributed by atoms with E-state index >= 15 is 0 Å². The highest BCUT2D eigenvalue weighted by Crippen LogP contribution is 2.07. The molecule has 0 atom stereocenters. The molecule has 1 amide bonds. The highest BCUT2D eigenvalue weighted by molar-refractivity contribution is 5.92. The molecule has 17 heavy (non-hydrogen) atoms. The second kappa shape index (κ2) is 6.47. The summed E-state index contributed by atoms with van der Waals surface area (Å²) in [5, 5.41) is 2.57. The molecule has 0 aliphatic rings. The van der Waals surface area contributed by atoms with Gasteiger partial charge in [-0.1, -0.05) is 0 Å². The molecule has 0 unspecified atom stereocenters. The van der Waals surface area contributed by atoms with Gasteiger partial charge in [0.05, 0.1) is 19.9 Å². The van der Waals surface area contributed by atoms with Gasteiger partial charge in [-0.3, -0.25) is 9.59 Å². The Kier molecular flexibility index (Phi) is 4.93. The summed E-state index contributed by atoms with van der Waals surface area (Å²) in [5.74, 6) is -0.108. The zero-order valence-electron chi connectivity index (χ0n) is 9.73. The van der Waals surface area contributed by atoms with Crippen molar-refractivity contribution < 1.29 is 19.1 Å². The van der Waals surface area contributed by atoms with Crippen LogP contribution in [-0.4, -0.2) is 37.1 Å². The van der Waals surface area contributed by atoms with Crippen LogP contribution in [-0.2, 0) is 9.53 Å². The first-order chi connectivity index (χ1) is 8.13. The largest absolute Gasteiger partial charge is 0.495 e. The standard InChI is InChI=1S/C11H14N2O4/c1-8(14)17-6-5-12-11(15)10-4-3-9(16-2)7-13-10/h3-4,7H,5-6H2,1-2H3,(H,12,15). The molecule has 0 aliphatic carbocycles. The topological polar surface area (TPSA) is 77.5 Å². The Morgan fingerprint density at radius 1 is 1.41 bits per heavy atom. The van der Waals surface area contributed by atoms with E-state index in [-0.39, 0.29) is 30.7 Å². The van der Waals surface area contributed by atoms with E-state index in [9.17, 15) is 9.59 Å². The average molecular weight is 238 g/mol. The van der Waals surface area contributed by atoms with Gasteiger partial charge in [0.25, 0.3) is 5.91 Å². The van der Waals surface area contributed by atoms with Crippen molar-refractivity contribution in [2.75, 3.05) is 20.3 Å². The fraction of sp³-hybridized carbons (Fsp3) is 0.364. The number of methoxy groups -OCH3 is 1. The molecule has 1 rings (SSSR count). The van der Waals surface area contributed by atoms with Gasteiger partial charge < -0.3 is 14.8 Å². The Morgan fingerprint density at radius 2 is 2.18 bits per heavy atom. The van der Waals surface area contributed by atoms with Gasteiger partial charge >= 0.3 is 5.97 Å². The Hall–Kier alpha value is -2.11. The number of hydrogen-bond donors (Lipinski definition) is 1. The summed E-state index contributed by atoms with van der Waals surface area (Å²) >= 11 is 0. The van der Waals surface area contributed by atoms with Gasteiger partial charge in [-0.15, -0.1) is 0 Å². The zero-order chi connectivity index (χ0) is 12.7. The van der Waals surface area contributed by atoms with Crippen LogP contribution in [0.5, 0.6) is 5.75 Å². The lowest BCUT2D eigenvalue weighted by Gasteiger charge is -2.05. The molecule has 1 aromatic rings. The summed E-state index contributed by atoms with van der Waals surface area (Å²) in [7, 11) is 1.52. The van der Waals surface area contributed by atoms with Crippen LogP contribution < -0.4 is 10.1 Å². The number of nitrogens with zero attached hydrogens (tertiary/aromatic N) is 1. The number of carbonyl (C=O) groups is 2. The summed E-state index contributed by atoms with van der Waals surface area (Å²) in [6.07, 6.45) is 1.46. The third kappa shape index (κ3) is 4.50. The molecule has 0 saturated carbocycles. The monoisotopic (exact) mass is 238 g/mol. The Labute approximate surface area is 98.9 Å². The molecular formula is C11H14N2O4. The zero-order valence-corrected chi connectivity index (χ0v) is 9.73. The minimum atomic E-state index is -0.373. The van der Waals surface area contributed by atoms with Crippen LogP contribution in [0.25, 0.3) is 0 Å². The lowest BCUT2D eigenvalue weighted by molar-refractivity contribution is -0.140. The van der Waals surface area contributed by atoms with E-state index in [0.717, 1.165) is 0 Å². The van der Waals surface area contributed by atoms with Crippen molar-refractivity contribution in [3.05, 3.63) is 24.0 Å². The van der Waals surface area contributed by atoms with Crippen molar-refractivity contribution in [1.29, 1.82) is 0 Å². The van der Waals surface area contributed by atoms with E-state index in [1.165, 1.54) is 20.2 Å². The first-order valence-corrected chi connectivity index (χ1v) is 5.05. The number of pyridine rings is 1. The number of carbonyl (C=O) groups excluding carboxylic acids is 2. The van der Waals surface area contributed by atoms with Gasteiger partial charge in [0.1, 0.15) is 18.1 Å². The molecule has 1 N–H and O–H groups in total. The van der Waals surface area contributed by atoms with Crippen LogP contribution >= 0.6 is 0 Å². The van der Waals surface area contributed by atoms with Crippen molar-refractivity contribution in [3.63, 3.8) is 0 Å². The second-order valence-electron chi connectivity index (χ2n) is 3.18. The van der Waals surface area contributed by atoms with Gasteiger partial charge in [-0.2, -0.15) is 0 Å². The average Bonchev–Trinajstić information content (AvgIpc) is 2.34. The minimum Gasteiger partial charge on any atom is -0.495 e. The number of ether oxygens (including phenoxy) is 2. The first kappa shape index (κ1) is 13.0. The first-order valence-electron chi connectivity index (χ1n) is 5.05. The third-order valence-electron chi connectivity index (χ3n) is 1.90. The van der Waals surface area contributed by atoms with Crippen molar-refractivity contribution in [1.82, 2.24) is 10.3 Å². The van der Waals surface area contributed by atoms with Crippen LogP contribution in [0.4, 0.5) is 0 Å². The molecule has 1 aromatic heterocycles. The lowest BCUT2D eigenvalue weighted by atomic mass is 10.3. The van der Waals surface area contributed by atoms with Crippen LogP contribution in [0.1, 0.15) is 17.4 Å². The normalized spacial score (nSPS) is 9.53. The maximum absolute atomic E-state index is 11.5. The number of rotatable bonds is 5. The van der Waals surface area contributed by atoms with Crippen molar-refractivity contribution in [3.8, 4) is 5.75 Å². The van der Waals surface area contributed by atoms with Gasteiger partial charge in [0.15, 0.2) is 0 Å². The van der Waals surface area contributed by atoms with Gasteiger partial charge in [-0.05, 0) is 12.1 Å². The van der Waals surface area contributed by atoms with E-state index in [2.05, 4.69) is 15.0 Å². The highest BCUT2D eigenvalue weighted by atomic mass is 16.5. The predicted molar refractivity (Wildman–Crippen MR) is 59.8 cm³/mol. The van der Waals surface area contributed by atoms with E-state index < -0.39 is 0 Å². The molecule has 0 saturated heterocycles. The molecule has 92 valence electrons. The Bertz CT molecular complexity index is 389. The van der Waals surface area contributed by atoms with E-state index in [1.807, 2.05) is 0 Å². The van der Waals surface area contributed by atoms with E-state index in [0.29, 0.717) is 5.75 Å². The summed E-state index contributed by atoms with van der Waals surface area (Å²) in [6.45, 7) is 1.72. The predicted octanol–water partition coefficient (Wildman–Crippen LogP) is 0.383. The van der Waals surface area contributed by atoms with E-state index in [4.69, 9.17) is 4.74 Å². The van der Waals surface area contributed by atoms with Crippen LogP contribution in [0.2, 0.25) is 0 Å². The van der Waals surface area contributed by atoms with Crippen LogP contribution in [0.15, 0.2) is 18.3 Å². The fourth-order valence-corrected chi connectivity index (χ4v) is 1.09. The number of nitrogens with one attached hydrogen (secondary N) is 1.